The normalized spacial score (nSPS) is 9.47. The molecule has 0 nitrogen and oxygen atoms in total. The Morgan fingerprint density at radius 3 is 1.23 bits per heavy atom. The predicted molar refractivity (Wildman–Crippen MR) is 138 cm³/mol. The Balaban J connectivity index is 0.000000451. The summed E-state index contributed by atoms with van der Waals surface area (Å²) in [5, 5.41) is 5.56. The number of rotatable bonds is 0. The Bertz CT molecular complexity index is 966. The van der Waals surface area contributed by atoms with Crippen molar-refractivity contribution in [3.63, 3.8) is 0 Å². The fourth-order valence-corrected chi connectivity index (χ4v) is 3.69. The third-order valence-corrected chi connectivity index (χ3v) is 4.64. The maximum atomic E-state index is 4.53. The first-order valence-corrected chi connectivity index (χ1v) is 11.0. The molecule has 0 bridgehead atoms. The first-order valence-electron chi connectivity index (χ1n) is 10.2. The largest absolute Gasteiger partial charge is 4.00 e. The molecule has 0 aliphatic rings. The summed E-state index contributed by atoms with van der Waals surface area (Å²) in [5.41, 5.74) is 8.20. The van der Waals surface area contributed by atoms with Gasteiger partial charge in [-0.1, -0.05) is 48.2 Å². The fourth-order valence-electron chi connectivity index (χ4n) is 3.69. The van der Waals surface area contributed by atoms with Gasteiger partial charge in [0.2, 0.25) is 0 Å². The van der Waals surface area contributed by atoms with Crippen molar-refractivity contribution in [2.45, 2.75) is 55.4 Å². The van der Waals surface area contributed by atoms with Gasteiger partial charge in [0, 0.05) is 0 Å². The van der Waals surface area contributed by atoms with E-state index >= 15 is 0 Å². The van der Waals surface area contributed by atoms with Crippen molar-refractivity contribution in [1.29, 1.82) is 0 Å². The van der Waals surface area contributed by atoms with Gasteiger partial charge in [0.15, 0.2) is 0 Å². The number of fused-ring (bicyclic) bond motifs is 2. The summed E-state index contributed by atoms with van der Waals surface area (Å²) in [6.45, 7) is 16.9. The van der Waals surface area contributed by atoms with Crippen LogP contribution in [0.5, 0.6) is 0 Å². The maximum absolute atomic E-state index is 4.53. The van der Waals surface area contributed by atoms with Crippen molar-refractivity contribution in [3.05, 3.63) is 88.3 Å². The second-order valence-corrected chi connectivity index (χ2v) is 7.81. The first-order chi connectivity index (χ1) is 13.7. The second-order valence-electron chi connectivity index (χ2n) is 7.81. The van der Waals surface area contributed by atoms with Gasteiger partial charge in [-0.3, -0.25) is 0 Å². The Kier molecular flexibility index (Phi) is 13.2. The zero-order valence-electron chi connectivity index (χ0n) is 20.0. The van der Waals surface area contributed by atoms with Gasteiger partial charge in [-0.2, -0.15) is 26.0 Å². The Labute approximate surface area is 206 Å². The molecule has 0 unspecified atom stereocenters. The van der Waals surface area contributed by atoms with Crippen LogP contribution in [0.1, 0.15) is 47.2 Å². The summed E-state index contributed by atoms with van der Waals surface area (Å²) in [6.07, 6.45) is 6.53. The SMILES string of the molecule is C[CH-]C.Cc1cc(C)c2cc(C)[cH-]c2c1.Cc1cc(C)c2cc(C)[cH-]c2c1.[CH-]=[SiH2].[Zr+4]. The van der Waals surface area contributed by atoms with E-state index in [0.29, 0.717) is 0 Å². The molecule has 0 atom stereocenters. The van der Waals surface area contributed by atoms with Crippen molar-refractivity contribution in [3.8, 4) is 0 Å². The quantitative estimate of drug-likeness (QED) is 0.181. The molecule has 0 aliphatic carbocycles. The zero-order chi connectivity index (χ0) is 22.1. The van der Waals surface area contributed by atoms with Crippen LogP contribution in [0.3, 0.4) is 0 Å². The van der Waals surface area contributed by atoms with E-state index in [4.69, 9.17) is 0 Å². The molecular weight excluding hydrogens is 456 g/mol. The minimum Gasteiger partial charge on any atom is -0.533 e. The third kappa shape index (κ3) is 8.05. The molecular formula is C28H36SiZr. The summed E-state index contributed by atoms with van der Waals surface area (Å²) in [4.78, 5) is 0. The van der Waals surface area contributed by atoms with Crippen LogP contribution in [0.15, 0.2) is 48.5 Å². The molecule has 4 rings (SSSR count). The molecule has 0 N–H and O–H groups in total. The molecule has 156 valence electrons. The fraction of sp³-hybridized carbons (Fsp3) is 0.286. The van der Waals surface area contributed by atoms with Gasteiger partial charge in [-0.15, -0.1) is 56.9 Å². The molecule has 0 saturated heterocycles. The van der Waals surface area contributed by atoms with Crippen molar-refractivity contribution in [2.75, 3.05) is 0 Å². The summed E-state index contributed by atoms with van der Waals surface area (Å²) in [7, 11) is 1.36. The number of hydrogen-bond donors (Lipinski definition) is 0. The smallest absolute Gasteiger partial charge is 0.533 e. The standard InChI is InChI=1S/2C12H13.C3H7.CH3Si.Zr/c2*1-8-4-10(3)12-7-9(2)6-11(12)5-8;1-3-2;1-2;/h2*4-7H,1-3H3;3H,1-2H3;1H,2H2;/q4*-1;+4. The van der Waals surface area contributed by atoms with Crippen LogP contribution in [0.2, 0.25) is 0 Å². The minimum absolute atomic E-state index is 0. The van der Waals surface area contributed by atoms with Crippen LogP contribution in [0, 0.1) is 48.0 Å². The summed E-state index contributed by atoms with van der Waals surface area (Å²) in [6, 6.07) is 18.0. The monoisotopic (exact) mass is 490 g/mol. The molecule has 4 aromatic carbocycles. The van der Waals surface area contributed by atoms with E-state index in [-0.39, 0.29) is 26.2 Å². The van der Waals surface area contributed by atoms with Gasteiger partial charge in [-0.05, 0) is 27.7 Å². The Hall–Kier alpha value is -1.37. The molecule has 0 radical (unpaired) electrons. The van der Waals surface area contributed by atoms with E-state index in [1.54, 1.807) is 0 Å². The van der Waals surface area contributed by atoms with E-state index in [2.05, 4.69) is 96.2 Å². The molecule has 0 heterocycles. The molecule has 0 aromatic heterocycles. The summed E-state index contributed by atoms with van der Waals surface area (Å²) >= 11 is 0. The second kappa shape index (κ2) is 13.8. The molecule has 0 aliphatic heterocycles. The van der Waals surface area contributed by atoms with Gasteiger partial charge in [0.1, 0.15) is 0 Å². The van der Waals surface area contributed by atoms with Gasteiger partial charge < -0.3 is 12.6 Å². The molecule has 2 heteroatoms. The zero-order valence-corrected chi connectivity index (χ0v) is 23.9. The van der Waals surface area contributed by atoms with E-state index in [9.17, 15) is 0 Å². The van der Waals surface area contributed by atoms with Crippen molar-refractivity contribution in [1.82, 2.24) is 0 Å². The average molecular weight is 492 g/mol. The average Bonchev–Trinajstić information content (AvgIpc) is 3.19. The number of aryl methyl sites for hydroxylation is 6. The van der Waals surface area contributed by atoms with Crippen LogP contribution < -0.4 is 0 Å². The molecule has 0 saturated carbocycles. The van der Waals surface area contributed by atoms with E-state index in [1.807, 2.05) is 20.3 Å². The Morgan fingerprint density at radius 2 is 0.933 bits per heavy atom. The van der Waals surface area contributed by atoms with E-state index < -0.39 is 0 Å². The maximum Gasteiger partial charge on any atom is 4.00 e. The van der Waals surface area contributed by atoms with Gasteiger partial charge in [-0.25, -0.2) is 9.85 Å². The topological polar surface area (TPSA) is 0 Å². The molecule has 0 spiro atoms. The molecule has 30 heavy (non-hydrogen) atoms. The number of benzene rings is 2. The van der Waals surface area contributed by atoms with Crippen molar-refractivity contribution >= 4 is 37.6 Å². The van der Waals surface area contributed by atoms with Crippen LogP contribution >= 0.6 is 0 Å². The third-order valence-electron chi connectivity index (χ3n) is 4.64. The van der Waals surface area contributed by atoms with Crippen LogP contribution in [-0.2, 0) is 26.2 Å². The van der Waals surface area contributed by atoms with Crippen LogP contribution in [0.25, 0.3) is 21.5 Å². The van der Waals surface area contributed by atoms with Crippen LogP contribution in [-0.4, -0.2) is 16.0 Å². The summed E-state index contributed by atoms with van der Waals surface area (Å²) in [5.74, 6) is 0. The van der Waals surface area contributed by atoms with E-state index in [1.165, 1.54) is 64.8 Å². The van der Waals surface area contributed by atoms with Gasteiger partial charge in [0.05, 0.1) is 0 Å². The van der Waals surface area contributed by atoms with E-state index in [0.717, 1.165) is 0 Å². The predicted octanol–water partition coefficient (Wildman–Crippen LogP) is 7.12. The Morgan fingerprint density at radius 1 is 0.633 bits per heavy atom. The van der Waals surface area contributed by atoms with Crippen molar-refractivity contribution < 1.29 is 26.2 Å². The van der Waals surface area contributed by atoms with Gasteiger partial charge in [0.25, 0.3) is 0 Å². The first kappa shape index (κ1) is 28.6. The number of hydrogen-bond acceptors (Lipinski definition) is 0. The molecule has 0 fully saturated rings. The summed E-state index contributed by atoms with van der Waals surface area (Å²) < 4.78 is 0. The molecule has 4 aromatic rings. The minimum atomic E-state index is 0. The molecule has 0 amide bonds. The van der Waals surface area contributed by atoms with Crippen molar-refractivity contribution in [2.24, 2.45) is 0 Å². The van der Waals surface area contributed by atoms with Gasteiger partial charge >= 0.3 is 26.2 Å². The van der Waals surface area contributed by atoms with Crippen LogP contribution in [0.4, 0.5) is 0 Å².